The van der Waals surface area contributed by atoms with E-state index in [1.807, 2.05) is 11.0 Å². The second-order valence-corrected chi connectivity index (χ2v) is 5.10. The zero-order valence-corrected chi connectivity index (χ0v) is 11.3. The number of hydrogen-bond acceptors (Lipinski definition) is 3. The summed E-state index contributed by atoms with van der Waals surface area (Å²) in [6, 6.07) is 10.5. The third-order valence-electron chi connectivity index (χ3n) is 3.60. The number of carboxylic acid groups (broad SMARTS) is 1. The van der Waals surface area contributed by atoms with Crippen LogP contribution in [0.25, 0.3) is 0 Å². The Morgan fingerprint density at radius 1 is 1.05 bits per heavy atom. The molecular weight excluding hydrogens is 240 g/mol. The Balaban J connectivity index is 1.75. The summed E-state index contributed by atoms with van der Waals surface area (Å²) in [4.78, 5) is 15.2. The van der Waals surface area contributed by atoms with Crippen molar-refractivity contribution in [2.24, 2.45) is 0 Å². The Morgan fingerprint density at radius 3 is 2.47 bits per heavy atom. The van der Waals surface area contributed by atoms with Crippen molar-refractivity contribution in [3.8, 4) is 0 Å². The Morgan fingerprint density at radius 2 is 1.74 bits per heavy atom. The quantitative estimate of drug-likeness (QED) is 0.869. The fraction of sp³-hybridized carbons (Fsp3) is 0.533. The van der Waals surface area contributed by atoms with Gasteiger partial charge >= 0.3 is 5.97 Å². The van der Waals surface area contributed by atoms with Gasteiger partial charge in [0.25, 0.3) is 0 Å². The molecule has 1 aliphatic rings. The maximum absolute atomic E-state index is 10.7. The molecule has 0 radical (unpaired) electrons. The van der Waals surface area contributed by atoms with E-state index in [9.17, 15) is 4.79 Å². The van der Waals surface area contributed by atoms with E-state index in [2.05, 4.69) is 29.2 Å². The fourth-order valence-corrected chi connectivity index (χ4v) is 2.53. The molecule has 0 amide bonds. The van der Waals surface area contributed by atoms with Crippen LogP contribution in [0, 0.1) is 0 Å². The number of aliphatic carboxylic acids is 1. The Kier molecular flexibility index (Phi) is 5.36. The van der Waals surface area contributed by atoms with E-state index in [0.29, 0.717) is 0 Å². The average Bonchev–Trinajstić information content (AvgIpc) is 2.62. The van der Waals surface area contributed by atoms with E-state index < -0.39 is 5.97 Å². The molecule has 0 bridgehead atoms. The van der Waals surface area contributed by atoms with Crippen molar-refractivity contribution in [1.29, 1.82) is 0 Å². The molecule has 0 aliphatic carbocycles. The second kappa shape index (κ2) is 7.26. The molecule has 1 aromatic rings. The predicted molar refractivity (Wildman–Crippen MR) is 75.3 cm³/mol. The zero-order chi connectivity index (χ0) is 13.5. The molecule has 1 fully saturated rings. The van der Waals surface area contributed by atoms with E-state index in [1.54, 1.807) is 0 Å². The summed E-state index contributed by atoms with van der Waals surface area (Å²) in [5.74, 6) is -0.724. The molecule has 0 atom stereocenters. The van der Waals surface area contributed by atoms with Gasteiger partial charge in [0, 0.05) is 26.2 Å². The Labute approximate surface area is 114 Å². The van der Waals surface area contributed by atoms with E-state index in [1.165, 1.54) is 5.56 Å². The standard InChI is InChI=1S/C15H22N2O2/c18-15(19)13-17-9-4-8-16(11-12-17)10-7-14-5-2-1-3-6-14/h1-3,5-6H,4,7-13H2,(H,18,19). The zero-order valence-electron chi connectivity index (χ0n) is 11.3. The molecule has 0 aromatic heterocycles. The van der Waals surface area contributed by atoms with Gasteiger partial charge in [-0.2, -0.15) is 0 Å². The maximum Gasteiger partial charge on any atom is 0.317 e. The van der Waals surface area contributed by atoms with E-state index >= 15 is 0 Å². The normalized spacial score (nSPS) is 18.1. The van der Waals surface area contributed by atoms with Crippen molar-refractivity contribution in [1.82, 2.24) is 9.80 Å². The molecule has 4 nitrogen and oxygen atoms in total. The average molecular weight is 262 g/mol. The molecule has 19 heavy (non-hydrogen) atoms. The summed E-state index contributed by atoms with van der Waals surface area (Å²) < 4.78 is 0. The van der Waals surface area contributed by atoms with E-state index in [0.717, 1.165) is 45.6 Å². The van der Waals surface area contributed by atoms with Gasteiger partial charge in [0.15, 0.2) is 0 Å². The van der Waals surface area contributed by atoms with Crippen LogP contribution in [-0.4, -0.2) is 60.1 Å². The monoisotopic (exact) mass is 262 g/mol. The van der Waals surface area contributed by atoms with Crippen molar-refractivity contribution in [3.63, 3.8) is 0 Å². The molecular formula is C15H22N2O2. The number of carbonyl (C=O) groups is 1. The first-order valence-electron chi connectivity index (χ1n) is 6.94. The Hall–Kier alpha value is -1.39. The highest BCUT2D eigenvalue weighted by Gasteiger charge is 2.16. The minimum absolute atomic E-state index is 0.173. The molecule has 104 valence electrons. The summed E-state index contributed by atoms with van der Waals surface area (Å²) in [7, 11) is 0. The number of carboxylic acids is 1. The van der Waals surface area contributed by atoms with Gasteiger partial charge in [0.05, 0.1) is 6.54 Å². The predicted octanol–water partition coefficient (Wildman–Crippen LogP) is 1.32. The lowest BCUT2D eigenvalue weighted by Gasteiger charge is -2.20. The van der Waals surface area contributed by atoms with Crippen molar-refractivity contribution in [2.75, 3.05) is 39.3 Å². The first kappa shape index (κ1) is 14.0. The summed E-state index contributed by atoms with van der Waals surface area (Å²) in [6.45, 7) is 5.04. The van der Waals surface area contributed by atoms with Crippen LogP contribution in [0.1, 0.15) is 12.0 Å². The molecule has 0 saturated carbocycles. The highest BCUT2D eigenvalue weighted by molar-refractivity contribution is 5.69. The van der Waals surface area contributed by atoms with Gasteiger partial charge in [-0.3, -0.25) is 9.69 Å². The first-order valence-corrected chi connectivity index (χ1v) is 6.94. The van der Waals surface area contributed by atoms with Crippen molar-refractivity contribution in [3.05, 3.63) is 35.9 Å². The van der Waals surface area contributed by atoms with Crippen LogP contribution in [0.4, 0.5) is 0 Å². The van der Waals surface area contributed by atoms with Gasteiger partial charge in [-0.1, -0.05) is 30.3 Å². The highest BCUT2D eigenvalue weighted by atomic mass is 16.4. The van der Waals surface area contributed by atoms with Crippen LogP contribution < -0.4 is 0 Å². The summed E-state index contributed by atoms with van der Waals surface area (Å²) >= 11 is 0. The minimum Gasteiger partial charge on any atom is -0.480 e. The molecule has 1 heterocycles. The molecule has 1 aromatic carbocycles. The summed E-state index contributed by atoms with van der Waals surface area (Å²) in [5, 5.41) is 8.82. The van der Waals surface area contributed by atoms with Crippen LogP contribution in [0.2, 0.25) is 0 Å². The van der Waals surface area contributed by atoms with Gasteiger partial charge in [-0.05, 0) is 24.9 Å². The van der Waals surface area contributed by atoms with Gasteiger partial charge in [-0.25, -0.2) is 0 Å². The third-order valence-corrected chi connectivity index (χ3v) is 3.60. The summed E-state index contributed by atoms with van der Waals surface area (Å²) in [6.07, 6.45) is 2.13. The van der Waals surface area contributed by atoms with Gasteiger partial charge in [-0.15, -0.1) is 0 Å². The lowest BCUT2D eigenvalue weighted by atomic mass is 10.1. The molecule has 2 rings (SSSR count). The number of rotatable bonds is 5. The Bertz CT molecular complexity index is 394. The summed E-state index contributed by atoms with van der Waals surface area (Å²) in [5.41, 5.74) is 1.37. The smallest absolute Gasteiger partial charge is 0.317 e. The fourth-order valence-electron chi connectivity index (χ4n) is 2.53. The van der Waals surface area contributed by atoms with Gasteiger partial charge in [0.2, 0.25) is 0 Å². The molecule has 4 heteroatoms. The van der Waals surface area contributed by atoms with Crippen LogP contribution in [0.5, 0.6) is 0 Å². The van der Waals surface area contributed by atoms with Crippen LogP contribution in [0.15, 0.2) is 30.3 Å². The number of nitrogens with zero attached hydrogens (tertiary/aromatic N) is 2. The van der Waals surface area contributed by atoms with Crippen LogP contribution in [-0.2, 0) is 11.2 Å². The maximum atomic E-state index is 10.7. The van der Waals surface area contributed by atoms with E-state index in [4.69, 9.17) is 5.11 Å². The second-order valence-electron chi connectivity index (χ2n) is 5.10. The first-order chi connectivity index (χ1) is 9.24. The van der Waals surface area contributed by atoms with Crippen molar-refractivity contribution >= 4 is 5.97 Å². The number of benzene rings is 1. The molecule has 1 N–H and O–H groups in total. The lowest BCUT2D eigenvalue weighted by Crippen LogP contribution is -2.34. The SMILES string of the molecule is O=C(O)CN1CCCN(CCc2ccccc2)CC1. The molecule has 0 spiro atoms. The topological polar surface area (TPSA) is 43.8 Å². The molecule has 1 aliphatic heterocycles. The molecule has 0 unspecified atom stereocenters. The van der Waals surface area contributed by atoms with Crippen LogP contribution >= 0.6 is 0 Å². The molecule has 1 saturated heterocycles. The van der Waals surface area contributed by atoms with Gasteiger partial charge < -0.3 is 10.0 Å². The third kappa shape index (κ3) is 5.01. The number of hydrogen-bond donors (Lipinski definition) is 1. The lowest BCUT2D eigenvalue weighted by molar-refractivity contribution is -0.138. The van der Waals surface area contributed by atoms with E-state index in [-0.39, 0.29) is 6.54 Å². The highest BCUT2D eigenvalue weighted by Crippen LogP contribution is 2.06. The van der Waals surface area contributed by atoms with Gasteiger partial charge in [0.1, 0.15) is 0 Å². The minimum atomic E-state index is -0.724. The van der Waals surface area contributed by atoms with Crippen LogP contribution in [0.3, 0.4) is 0 Å². The largest absolute Gasteiger partial charge is 0.480 e. The van der Waals surface area contributed by atoms with Crippen molar-refractivity contribution in [2.45, 2.75) is 12.8 Å². The van der Waals surface area contributed by atoms with Crippen molar-refractivity contribution < 1.29 is 9.90 Å².